The lowest BCUT2D eigenvalue weighted by atomic mass is 10.2. The summed E-state index contributed by atoms with van der Waals surface area (Å²) in [5, 5.41) is 7.04. The van der Waals surface area contributed by atoms with Crippen molar-refractivity contribution in [2.45, 2.75) is 13.8 Å². The van der Waals surface area contributed by atoms with Crippen LogP contribution in [0.1, 0.15) is 28.4 Å². The van der Waals surface area contributed by atoms with Crippen LogP contribution in [0.25, 0.3) is 0 Å². The van der Waals surface area contributed by atoms with Gasteiger partial charge in [0.25, 0.3) is 11.8 Å². The molecule has 0 saturated heterocycles. The van der Waals surface area contributed by atoms with E-state index in [0.717, 1.165) is 5.56 Å². The van der Waals surface area contributed by atoms with E-state index in [1.807, 2.05) is 38.1 Å². The van der Waals surface area contributed by atoms with Crippen molar-refractivity contribution in [2.24, 2.45) is 5.10 Å². The summed E-state index contributed by atoms with van der Waals surface area (Å²) in [5.74, 6) is 0.659. The molecule has 2 N–H and O–H groups in total. The average molecular weight is 496 g/mol. The summed E-state index contributed by atoms with van der Waals surface area (Å²) in [6, 6.07) is 17.3. The lowest BCUT2D eigenvalue weighted by molar-refractivity contribution is -0.118. The van der Waals surface area contributed by atoms with E-state index in [-0.39, 0.29) is 12.5 Å². The van der Waals surface area contributed by atoms with Crippen molar-refractivity contribution in [3.8, 4) is 17.2 Å². The zero-order chi connectivity index (χ0) is 25.2. The number of benzene rings is 3. The van der Waals surface area contributed by atoms with Gasteiger partial charge in [-0.3, -0.25) is 9.59 Å². The van der Waals surface area contributed by atoms with Gasteiger partial charge < -0.3 is 19.5 Å². The predicted octanol–water partition coefficient (Wildman–Crippen LogP) is 4.84. The second-order valence-corrected chi connectivity index (χ2v) is 7.80. The molecule has 0 aromatic heterocycles. The van der Waals surface area contributed by atoms with Crippen molar-refractivity contribution in [1.82, 2.24) is 5.43 Å². The maximum Gasteiger partial charge on any atom is 0.271 e. The average Bonchev–Trinajstić information content (AvgIpc) is 2.85. The summed E-state index contributed by atoms with van der Waals surface area (Å²) in [6.07, 6.45) is 1.45. The molecule has 0 heterocycles. The molecule has 0 fully saturated rings. The van der Waals surface area contributed by atoms with Crippen LogP contribution in [0.3, 0.4) is 0 Å². The van der Waals surface area contributed by atoms with Gasteiger partial charge in [-0.25, -0.2) is 5.43 Å². The molecule has 0 bridgehead atoms. The Labute approximate surface area is 208 Å². The van der Waals surface area contributed by atoms with Gasteiger partial charge in [-0.15, -0.1) is 0 Å². The second kappa shape index (κ2) is 12.4. The first-order valence-corrected chi connectivity index (χ1v) is 11.2. The topological polar surface area (TPSA) is 98.3 Å². The number of nitrogens with one attached hydrogen (secondary N) is 2. The predicted molar refractivity (Wildman–Crippen MR) is 136 cm³/mol. The maximum atomic E-state index is 12.4. The van der Waals surface area contributed by atoms with Crippen LogP contribution in [0.2, 0.25) is 5.02 Å². The van der Waals surface area contributed by atoms with Crippen LogP contribution in [0.15, 0.2) is 65.8 Å². The molecular formula is C26H26ClN3O5. The van der Waals surface area contributed by atoms with Crippen LogP contribution in [0.5, 0.6) is 17.2 Å². The summed E-state index contributed by atoms with van der Waals surface area (Å²) in [7, 11) is 1.53. The highest BCUT2D eigenvalue weighted by Gasteiger charge is 2.11. The van der Waals surface area contributed by atoms with Crippen LogP contribution in [-0.2, 0) is 4.79 Å². The minimum absolute atomic E-state index is 0.192. The molecule has 0 aliphatic rings. The fourth-order valence-corrected chi connectivity index (χ4v) is 3.25. The highest BCUT2D eigenvalue weighted by molar-refractivity contribution is 6.32. The molecule has 9 heteroatoms. The van der Waals surface area contributed by atoms with Gasteiger partial charge in [0, 0.05) is 11.3 Å². The van der Waals surface area contributed by atoms with Crippen molar-refractivity contribution in [2.75, 3.05) is 25.6 Å². The summed E-state index contributed by atoms with van der Waals surface area (Å²) in [6.45, 7) is 4.07. The summed E-state index contributed by atoms with van der Waals surface area (Å²) < 4.78 is 16.2. The van der Waals surface area contributed by atoms with E-state index in [0.29, 0.717) is 45.7 Å². The third-order valence-corrected chi connectivity index (χ3v) is 5.05. The molecule has 3 rings (SSSR count). The van der Waals surface area contributed by atoms with Crippen LogP contribution < -0.4 is 25.0 Å². The number of nitrogens with zero attached hydrogens (tertiary/aromatic N) is 1. The quantitative estimate of drug-likeness (QED) is 0.310. The molecule has 182 valence electrons. The number of hydrogen-bond acceptors (Lipinski definition) is 6. The monoisotopic (exact) mass is 495 g/mol. The van der Waals surface area contributed by atoms with Gasteiger partial charge in [0.05, 0.1) is 25.0 Å². The number of carbonyl (C=O) groups excluding carboxylic acids is 2. The van der Waals surface area contributed by atoms with Crippen LogP contribution in [0, 0.1) is 6.92 Å². The lowest BCUT2D eigenvalue weighted by Gasteiger charge is -2.10. The summed E-state index contributed by atoms with van der Waals surface area (Å²) in [5.41, 5.74) is 5.26. The van der Waals surface area contributed by atoms with Crippen molar-refractivity contribution in [3.05, 3.63) is 82.4 Å². The fourth-order valence-electron chi connectivity index (χ4n) is 3.01. The number of hydrazone groups is 1. The van der Waals surface area contributed by atoms with E-state index in [1.54, 1.807) is 36.4 Å². The zero-order valence-corrected chi connectivity index (χ0v) is 20.4. The molecule has 3 aromatic rings. The number of aryl methyl sites for hydroxylation is 1. The maximum absolute atomic E-state index is 12.4. The number of carbonyl (C=O) groups is 2. The molecule has 8 nitrogen and oxygen atoms in total. The Bertz CT molecular complexity index is 1210. The Morgan fingerprint density at radius 3 is 2.40 bits per heavy atom. The van der Waals surface area contributed by atoms with E-state index in [1.165, 1.54) is 13.3 Å². The summed E-state index contributed by atoms with van der Waals surface area (Å²) >= 11 is 6.27. The van der Waals surface area contributed by atoms with Crippen molar-refractivity contribution >= 4 is 35.3 Å². The molecule has 0 atom stereocenters. The molecule has 35 heavy (non-hydrogen) atoms. The van der Waals surface area contributed by atoms with Crippen LogP contribution in [0.4, 0.5) is 5.69 Å². The largest absolute Gasteiger partial charge is 0.493 e. The molecule has 0 saturated carbocycles. The van der Waals surface area contributed by atoms with Gasteiger partial charge in [-0.2, -0.15) is 5.10 Å². The zero-order valence-electron chi connectivity index (χ0n) is 19.6. The smallest absolute Gasteiger partial charge is 0.271 e. The highest BCUT2D eigenvalue weighted by atomic mass is 35.5. The number of amides is 2. The Balaban J connectivity index is 1.54. The van der Waals surface area contributed by atoms with Crippen LogP contribution in [-0.4, -0.2) is 38.4 Å². The number of halogens is 1. The Morgan fingerprint density at radius 2 is 1.71 bits per heavy atom. The van der Waals surface area contributed by atoms with Gasteiger partial charge in [-0.1, -0.05) is 29.3 Å². The lowest BCUT2D eigenvalue weighted by Crippen LogP contribution is -2.20. The van der Waals surface area contributed by atoms with Gasteiger partial charge in [0.15, 0.2) is 18.1 Å². The van der Waals surface area contributed by atoms with Gasteiger partial charge in [0.1, 0.15) is 5.75 Å². The fraction of sp³-hybridized carbons (Fsp3) is 0.192. The molecule has 0 spiro atoms. The third-order valence-electron chi connectivity index (χ3n) is 4.76. The Hall–Kier alpha value is -4.04. The first-order valence-electron chi connectivity index (χ1n) is 10.8. The number of hydrogen-bond donors (Lipinski definition) is 2. The molecule has 0 radical (unpaired) electrons. The van der Waals surface area contributed by atoms with Gasteiger partial charge in [-0.05, 0) is 67.9 Å². The molecule has 0 aliphatic carbocycles. The van der Waals surface area contributed by atoms with Crippen molar-refractivity contribution < 1.29 is 23.8 Å². The first-order chi connectivity index (χ1) is 16.9. The number of methoxy groups -OCH3 is 1. The minimum Gasteiger partial charge on any atom is -0.493 e. The molecular weight excluding hydrogens is 470 g/mol. The van der Waals surface area contributed by atoms with Crippen molar-refractivity contribution in [3.63, 3.8) is 0 Å². The molecule has 0 aliphatic heterocycles. The van der Waals surface area contributed by atoms with E-state index in [4.69, 9.17) is 25.8 Å². The SMILES string of the molecule is CCOc1cc(C(=O)N/N=C/c2ccc(OCC(=O)Nc3ccc(C)cc3)c(Cl)c2)ccc1OC. The standard InChI is InChI=1S/C26H26ClN3O5/c1-4-34-24-14-19(8-12-23(24)33-3)26(32)30-28-15-18-7-11-22(21(27)13-18)35-16-25(31)29-20-9-5-17(2)6-10-20/h5-15H,4,16H2,1-3H3,(H,29,31)(H,30,32)/b28-15+. The Morgan fingerprint density at radius 1 is 0.971 bits per heavy atom. The van der Waals surface area contributed by atoms with E-state index in [9.17, 15) is 9.59 Å². The van der Waals surface area contributed by atoms with Gasteiger partial charge >= 0.3 is 0 Å². The number of rotatable bonds is 10. The minimum atomic E-state index is -0.407. The van der Waals surface area contributed by atoms with E-state index >= 15 is 0 Å². The second-order valence-electron chi connectivity index (χ2n) is 7.39. The molecule has 3 aromatic carbocycles. The van der Waals surface area contributed by atoms with E-state index < -0.39 is 5.91 Å². The normalized spacial score (nSPS) is 10.6. The van der Waals surface area contributed by atoms with Crippen LogP contribution >= 0.6 is 11.6 Å². The van der Waals surface area contributed by atoms with Gasteiger partial charge in [0.2, 0.25) is 0 Å². The number of anilines is 1. The highest BCUT2D eigenvalue weighted by Crippen LogP contribution is 2.28. The third kappa shape index (κ3) is 7.48. The van der Waals surface area contributed by atoms with Crippen molar-refractivity contribution in [1.29, 1.82) is 0 Å². The molecule has 0 unspecified atom stereocenters. The van der Waals surface area contributed by atoms with E-state index in [2.05, 4.69) is 15.8 Å². The summed E-state index contributed by atoms with van der Waals surface area (Å²) in [4.78, 5) is 24.5. The molecule has 2 amide bonds. The number of ether oxygens (including phenoxy) is 3. The Kier molecular flexibility index (Phi) is 9.09. The first kappa shape index (κ1) is 25.6.